The second-order valence-corrected chi connectivity index (χ2v) is 8.60. The van der Waals surface area contributed by atoms with E-state index < -0.39 is 10.0 Å². The molecule has 0 radical (unpaired) electrons. The summed E-state index contributed by atoms with van der Waals surface area (Å²) in [4.78, 5) is 8.67. The molecular formula is C19H23N5O2S. The van der Waals surface area contributed by atoms with Crippen molar-refractivity contribution in [2.75, 3.05) is 38.1 Å². The highest BCUT2D eigenvalue weighted by Crippen LogP contribution is 2.28. The molecule has 4 rings (SSSR count). The molecule has 27 heavy (non-hydrogen) atoms. The van der Waals surface area contributed by atoms with Crippen molar-refractivity contribution in [3.8, 4) is 0 Å². The lowest BCUT2D eigenvalue weighted by Crippen LogP contribution is -2.44. The van der Waals surface area contributed by atoms with Gasteiger partial charge in [-0.15, -0.1) is 0 Å². The van der Waals surface area contributed by atoms with Gasteiger partial charge in [-0.1, -0.05) is 6.92 Å². The highest BCUT2D eigenvalue weighted by Gasteiger charge is 2.24. The van der Waals surface area contributed by atoms with Crippen LogP contribution in [0, 0.1) is 0 Å². The predicted octanol–water partition coefficient (Wildman–Crippen LogP) is 1.98. The summed E-state index contributed by atoms with van der Waals surface area (Å²) in [6.45, 7) is 5.81. The van der Waals surface area contributed by atoms with Gasteiger partial charge in [-0.25, -0.2) is 0 Å². The molecule has 1 aliphatic heterocycles. The zero-order chi connectivity index (χ0) is 19.0. The van der Waals surface area contributed by atoms with E-state index in [2.05, 4.69) is 33.0 Å². The fourth-order valence-corrected chi connectivity index (χ4v) is 4.71. The smallest absolute Gasteiger partial charge is 0.285 e. The molecular weight excluding hydrogens is 362 g/mol. The Morgan fingerprint density at radius 2 is 1.89 bits per heavy atom. The van der Waals surface area contributed by atoms with E-state index in [1.807, 2.05) is 19.1 Å². The summed E-state index contributed by atoms with van der Waals surface area (Å²) < 4.78 is 27.5. The van der Waals surface area contributed by atoms with E-state index in [-0.39, 0.29) is 4.90 Å². The number of fused-ring (bicyclic) bond motifs is 1. The van der Waals surface area contributed by atoms with Gasteiger partial charge in [-0.05, 0) is 43.8 Å². The fraction of sp³-hybridized carbons (Fsp3) is 0.368. The summed E-state index contributed by atoms with van der Waals surface area (Å²) in [6, 6.07) is 9.17. The molecule has 1 aromatic carbocycles. The van der Waals surface area contributed by atoms with Gasteiger partial charge < -0.3 is 9.80 Å². The first kappa shape index (κ1) is 17.9. The van der Waals surface area contributed by atoms with Gasteiger partial charge in [0.1, 0.15) is 4.90 Å². The van der Waals surface area contributed by atoms with Crippen LogP contribution in [-0.2, 0) is 16.4 Å². The number of benzene rings is 1. The molecule has 1 aliphatic rings. The standard InChI is InChI=1S/C19H23N5O2S/c1-3-18-17-7-6-15(23-11-9-22(2)10-12-23)13-19(17)24(21-18)27(25,26)16-5-4-8-20-14-16/h4-8,13-14H,3,9-12H2,1-2H3. The number of hydrogen-bond donors (Lipinski definition) is 0. The molecule has 0 aliphatic carbocycles. The summed E-state index contributed by atoms with van der Waals surface area (Å²) in [5.74, 6) is 0. The van der Waals surface area contributed by atoms with Crippen LogP contribution in [0.25, 0.3) is 10.9 Å². The Kier molecular flexibility index (Phi) is 4.61. The Morgan fingerprint density at radius 1 is 1.11 bits per heavy atom. The molecule has 0 N–H and O–H groups in total. The summed E-state index contributed by atoms with van der Waals surface area (Å²) >= 11 is 0. The molecule has 7 nitrogen and oxygen atoms in total. The van der Waals surface area contributed by atoms with Gasteiger partial charge in [0.25, 0.3) is 10.0 Å². The summed E-state index contributed by atoms with van der Waals surface area (Å²) in [7, 11) is -1.68. The minimum Gasteiger partial charge on any atom is -0.369 e. The Bertz CT molecular complexity index is 1050. The van der Waals surface area contributed by atoms with Crippen LogP contribution in [-0.4, -0.2) is 60.7 Å². The number of aromatic nitrogens is 3. The van der Waals surface area contributed by atoms with E-state index in [0.717, 1.165) is 47.0 Å². The van der Waals surface area contributed by atoms with E-state index >= 15 is 0 Å². The van der Waals surface area contributed by atoms with Gasteiger partial charge in [0.2, 0.25) is 0 Å². The molecule has 0 bridgehead atoms. The van der Waals surface area contributed by atoms with Gasteiger partial charge in [-0.3, -0.25) is 4.98 Å². The fourth-order valence-electron chi connectivity index (χ4n) is 3.44. The Hall–Kier alpha value is -2.45. The van der Waals surface area contributed by atoms with Gasteiger partial charge in [0, 0.05) is 49.6 Å². The normalized spacial score (nSPS) is 16.1. The highest BCUT2D eigenvalue weighted by atomic mass is 32.2. The third-order valence-electron chi connectivity index (χ3n) is 5.07. The highest BCUT2D eigenvalue weighted by molar-refractivity contribution is 7.90. The maximum atomic E-state index is 13.1. The quantitative estimate of drug-likeness (QED) is 0.684. The van der Waals surface area contributed by atoms with Crippen LogP contribution in [0.5, 0.6) is 0 Å². The summed E-state index contributed by atoms with van der Waals surface area (Å²) in [6.07, 6.45) is 3.59. The van der Waals surface area contributed by atoms with Crippen molar-refractivity contribution in [2.24, 2.45) is 0 Å². The van der Waals surface area contributed by atoms with Crippen LogP contribution in [0.3, 0.4) is 0 Å². The van der Waals surface area contributed by atoms with E-state index in [1.165, 1.54) is 6.20 Å². The van der Waals surface area contributed by atoms with Gasteiger partial charge in [0.15, 0.2) is 0 Å². The van der Waals surface area contributed by atoms with Crippen LogP contribution < -0.4 is 4.90 Å². The molecule has 3 heterocycles. The molecule has 142 valence electrons. The largest absolute Gasteiger partial charge is 0.369 e. The average molecular weight is 385 g/mol. The number of hydrogen-bond acceptors (Lipinski definition) is 6. The molecule has 0 saturated carbocycles. The van der Waals surface area contributed by atoms with Crippen LogP contribution in [0.2, 0.25) is 0 Å². The van der Waals surface area contributed by atoms with Crippen LogP contribution in [0.4, 0.5) is 5.69 Å². The van der Waals surface area contributed by atoms with Crippen molar-refractivity contribution in [3.05, 3.63) is 48.4 Å². The van der Waals surface area contributed by atoms with Crippen LogP contribution in [0.15, 0.2) is 47.6 Å². The van der Waals surface area contributed by atoms with Crippen molar-refractivity contribution in [1.82, 2.24) is 19.1 Å². The lowest BCUT2D eigenvalue weighted by molar-refractivity contribution is 0.313. The number of aryl methyl sites for hydroxylation is 1. The lowest BCUT2D eigenvalue weighted by atomic mass is 10.1. The van der Waals surface area contributed by atoms with Crippen molar-refractivity contribution < 1.29 is 8.42 Å². The van der Waals surface area contributed by atoms with Gasteiger partial charge in [0.05, 0.1) is 11.2 Å². The second kappa shape index (κ2) is 6.94. The molecule has 0 amide bonds. The van der Waals surface area contributed by atoms with Crippen LogP contribution >= 0.6 is 0 Å². The Morgan fingerprint density at radius 3 is 2.56 bits per heavy atom. The topological polar surface area (TPSA) is 71.3 Å². The Balaban J connectivity index is 1.84. The first-order valence-corrected chi connectivity index (χ1v) is 10.6. The first-order valence-electron chi connectivity index (χ1n) is 9.11. The second-order valence-electron chi connectivity index (χ2n) is 6.83. The monoisotopic (exact) mass is 385 g/mol. The average Bonchev–Trinajstić information content (AvgIpc) is 3.08. The Labute approximate surface area is 159 Å². The zero-order valence-electron chi connectivity index (χ0n) is 15.5. The molecule has 0 atom stereocenters. The number of anilines is 1. The zero-order valence-corrected chi connectivity index (χ0v) is 16.4. The molecule has 0 spiro atoms. The minimum atomic E-state index is -3.79. The van der Waals surface area contributed by atoms with Crippen molar-refractivity contribution in [1.29, 1.82) is 0 Å². The number of nitrogens with zero attached hydrogens (tertiary/aromatic N) is 5. The molecule has 1 saturated heterocycles. The van der Waals surface area contributed by atoms with Crippen molar-refractivity contribution >= 4 is 26.6 Å². The molecule has 8 heteroatoms. The van der Waals surface area contributed by atoms with Crippen molar-refractivity contribution in [2.45, 2.75) is 18.2 Å². The first-order chi connectivity index (χ1) is 13.0. The number of likely N-dealkylation sites (N-methyl/N-ethyl adjacent to an activating group) is 1. The summed E-state index contributed by atoms with van der Waals surface area (Å²) in [5.41, 5.74) is 2.43. The number of pyridine rings is 1. The van der Waals surface area contributed by atoms with E-state index in [1.54, 1.807) is 18.3 Å². The van der Waals surface area contributed by atoms with E-state index in [9.17, 15) is 8.42 Å². The third kappa shape index (κ3) is 3.19. The third-order valence-corrected chi connectivity index (χ3v) is 6.64. The van der Waals surface area contributed by atoms with E-state index in [4.69, 9.17) is 0 Å². The molecule has 2 aromatic heterocycles. The predicted molar refractivity (Wildman–Crippen MR) is 106 cm³/mol. The minimum absolute atomic E-state index is 0.141. The van der Waals surface area contributed by atoms with Gasteiger partial charge in [-0.2, -0.15) is 17.6 Å². The SMILES string of the molecule is CCc1nn(S(=O)(=O)c2cccnc2)c2cc(N3CCN(C)CC3)ccc12. The number of piperazine rings is 1. The maximum Gasteiger partial charge on any atom is 0.285 e. The summed E-state index contributed by atoms with van der Waals surface area (Å²) in [5, 5.41) is 5.31. The van der Waals surface area contributed by atoms with Crippen molar-refractivity contribution in [3.63, 3.8) is 0 Å². The van der Waals surface area contributed by atoms with Gasteiger partial charge >= 0.3 is 0 Å². The van der Waals surface area contributed by atoms with E-state index in [0.29, 0.717) is 11.9 Å². The number of rotatable bonds is 4. The maximum absolute atomic E-state index is 13.1. The van der Waals surface area contributed by atoms with Crippen LogP contribution in [0.1, 0.15) is 12.6 Å². The molecule has 1 fully saturated rings. The lowest BCUT2D eigenvalue weighted by Gasteiger charge is -2.34. The molecule has 3 aromatic rings. The molecule has 0 unspecified atom stereocenters.